The summed E-state index contributed by atoms with van der Waals surface area (Å²) in [4.78, 5) is 9.83. The predicted octanol–water partition coefficient (Wildman–Crippen LogP) is 1.88. The molecule has 0 aliphatic carbocycles. The van der Waals surface area contributed by atoms with Crippen molar-refractivity contribution in [3.05, 3.63) is 24.2 Å². The van der Waals surface area contributed by atoms with Gasteiger partial charge < -0.3 is 9.21 Å². The molecule has 1 aromatic heterocycles. The van der Waals surface area contributed by atoms with E-state index in [2.05, 4.69) is 0 Å². The highest BCUT2D eigenvalue weighted by Crippen LogP contribution is 2.19. The van der Waals surface area contributed by atoms with Gasteiger partial charge in [0.25, 0.3) is 0 Å². The minimum absolute atomic E-state index is 0.131. The Morgan fingerprint density at radius 2 is 2.60 bits per heavy atom. The number of hydrogen-bond donors (Lipinski definition) is 0. The maximum atomic E-state index is 12.6. The van der Waals surface area contributed by atoms with Crippen LogP contribution in [0.3, 0.4) is 0 Å². The van der Waals surface area contributed by atoms with Crippen molar-refractivity contribution in [3.63, 3.8) is 0 Å². The number of aldehydes is 1. The molecule has 0 radical (unpaired) electrons. The van der Waals surface area contributed by atoms with Gasteiger partial charge in [0.15, 0.2) is 6.17 Å². The zero-order valence-electron chi connectivity index (χ0n) is 5.29. The molecule has 0 amide bonds. The van der Waals surface area contributed by atoms with Crippen molar-refractivity contribution in [1.82, 2.24) is 0 Å². The fourth-order valence-electron chi connectivity index (χ4n) is 0.670. The van der Waals surface area contributed by atoms with E-state index in [0.29, 0.717) is 6.29 Å². The van der Waals surface area contributed by atoms with E-state index in [1.54, 1.807) is 6.07 Å². The van der Waals surface area contributed by atoms with Gasteiger partial charge in [0.2, 0.25) is 0 Å². The third-order valence-corrected chi connectivity index (χ3v) is 1.16. The van der Waals surface area contributed by atoms with E-state index in [1.807, 2.05) is 0 Å². The zero-order chi connectivity index (χ0) is 7.40. The second-order valence-electron chi connectivity index (χ2n) is 1.89. The van der Waals surface area contributed by atoms with Crippen molar-refractivity contribution >= 4 is 6.29 Å². The molecule has 0 saturated heterocycles. The summed E-state index contributed by atoms with van der Waals surface area (Å²) in [5.74, 6) is 0.215. The molecule has 0 aliphatic heterocycles. The van der Waals surface area contributed by atoms with Gasteiger partial charge in [-0.15, -0.1) is 0 Å². The number of hydrogen-bond acceptors (Lipinski definition) is 2. The zero-order valence-corrected chi connectivity index (χ0v) is 5.29. The van der Waals surface area contributed by atoms with E-state index in [0.717, 1.165) is 0 Å². The second-order valence-corrected chi connectivity index (χ2v) is 1.89. The lowest BCUT2D eigenvalue weighted by atomic mass is 10.2. The van der Waals surface area contributed by atoms with Crippen LogP contribution in [0.5, 0.6) is 0 Å². The third-order valence-electron chi connectivity index (χ3n) is 1.16. The first-order valence-corrected chi connectivity index (χ1v) is 2.95. The molecule has 0 N–H and O–H groups in total. The standard InChI is InChI=1S/C7H7FO2/c8-6(3-4-9)7-2-1-5-10-7/h1-2,4-6H,3H2/t6-/m0/s1. The van der Waals surface area contributed by atoms with Crippen LogP contribution in [-0.4, -0.2) is 6.29 Å². The maximum Gasteiger partial charge on any atom is 0.164 e. The van der Waals surface area contributed by atoms with E-state index >= 15 is 0 Å². The van der Waals surface area contributed by atoms with Crippen LogP contribution < -0.4 is 0 Å². The van der Waals surface area contributed by atoms with Crippen LogP contribution >= 0.6 is 0 Å². The average Bonchev–Trinajstić information content (AvgIpc) is 2.38. The summed E-state index contributed by atoms with van der Waals surface area (Å²) in [5.41, 5.74) is 0. The molecule has 0 saturated carbocycles. The molecule has 1 atom stereocenters. The molecule has 2 nitrogen and oxygen atoms in total. The Morgan fingerprint density at radius 1 is 1.80 bits per heavy atom. The number of carbonyl (C=O) groups is 1. The molecule has 1 rings (SSSR count). The molecular formula is C7H7FO2. The Labute approximate surface area is 57.6 Å². The lowest BCUT2D eigenvalue weighted by Gasteiger charge is -1.96. The highest BCUT2D eigenvalue weighted by molar-refractivity contribution is 5.50. The van der Waals surface area contributed by atoms with Crippen LogP contribution in [-0.2, 0) is 4.79 Å². The molecule has 0 bridgehead atoms. The molecule has 10 heavy (non-hydrogen) atoms. The van der Waals surface area contributed by atoms with E-state index in [4.69, 9.17) is 4.42 Å². The summed E-state index contributed by atoms with van der Waals surface area (Å²) in [6, 6.07) is 3.10. The third kappa shape index (κ3) is 1.43. The second kappa shape index (κ2) is 3.15. The smallest absolute Gasteiger partial charge is 0.164 e. The Bertz CT molecular complexity index is 193. The Balaban J connectivity index is 2.58. The highest BCUT2D eigenvalue weighted by Gasteiger charge is 2.10. The molecule has 54 valence electrons. The first-order valence-electron chi connectivity index (χ1n) is 2.95. The normalized spacial score (nSPS) is 12.9. The quantitative estimate of drug-likeness (QED) is 0.603. The molecule has 1 aromatic rings. The summed E-state index contributed by atoms with van der Waals surface area (Å²) in [6.07, 6.45) is 0.500. The fraction of sp³-hybridized carbons (Fsp3) is 0.286. The van der Waals surface area contributed by atoms with Gasteiger partial charge in [0.1, 0.15) is 12.0 Å². The van der Waals surface area contributed by atoms with Gasteiger partial charge >= 0.3 is 0 Å². The largest absolute Gasteiger partial charge is 0.466 e. The molecular weight excluding hydrogens is 135 g/mol. The van der Waals surface area contributed by atoms with Gasteiger partial charge in [-0.2, -0.15) is 0 Å². The molecule has 0 unspecified atom stereocenters. The van der Waals surface area contributed by atoms with Crippen molar-refractivity contribution in [2.24, 2.45) is 0 Å². The molecule has 0 spiro atoms. The number of rotatable bonds is 3. The topological polar surface area (TPSA) is 30.2 Å². The van der Waals surface area contributed by atoms with Gasteiger partial charge in [-0.1, -0.05) is 0 Å². The van der Waals surface area contributed by atoms with Gasteiger partial charge in [-0.05, 0) is 12.1 Å². The number of furan rings is 1. The summed E-state index contributed by atoms with van der Waals surface area (Å²) in [7, 11) is 0. The minimum atomic E-state index is -1.28. The van der Waals surface area contributed by atoms with Gasteiger partial charge in [-0.25, -0.2) is 4.39 Å². The summed E-state index contributed by atoms with van der Waals surface area (Å²) >= 11 is 0. The highest BCUT2D eigenvalue weighted by atomic mass is 19.1. The van der Waals surface area contributed by atoms with Crippen LogP contribution in [0.25, 0.3) is 0 Å². The molecule has 3 heteroatoms. The lowest BCUT2D eigenvalue weighted by molar-refractivity contribution is -0.108. The summed E-state index contributed by atoms with van der Waals surface area (Å²) in [6.45, 7) is 0. The SMILES string of the molecule is O=CC[C@H](F)c1ccco1. The van der Waals surface area contributed by atoms with Crippen LogP contribution in [0.1, 0.15) is 18.4 Å². The van der Waals surface area contributed by atoms with Crippen LogP contribution in [0.2, 0.25) is 0 Å². The van der Waals surface area contributed by atoms with Gasteiger partial charge in [0, 0.05) is 6.42 Å². The summed E-state index contributed by atoms with van der Waals surface area (Å²) < 4.78 is 17.4. The lowest BCUT2D eigenvalue weighted by Crippen LogP contribution is -1.88. The number of halogens is 1. The maximum absolute atomic E-state index is 12.6. The monoisotopic (exact) mass is 142 g/mol. The Kier molecular flexibility index (Phi) is 2.20. The van der Waals surface area contributed by atoms with Crippen LogP contribution in [0.15, 0.2) is 22.8 Å². The van der Waals surface area contributed by atoms with E-state index < -0.39 is 6.17 Å². The van der Waals surface area contributed by atoms with Crippen molar-refractivity contribution in [2.75, 3.05) is 0 Å². The Morgan fingerprint density at radius 3 is 3.10 bits per heavy atom. The van der Waals surface area contributed by atoms with Crippen LogP contribution in [0.4, 0.5) is 4.39 Å². The van der Waals surface area contributed by atoms with Gasteiger partial charge in [-0.3, -0.25) is 0 Å². The summed E-state index contributed by atoms with van der Waals surface area (Å²) in [5, 5.41) is 0. The van der Waals surface area contributed by atoms with E-state index in [-0.39, 0.29) is 12.2 Å². The first-order chi connectivity index (χ1) is 4.84. The number of carbonyl (C=O) groups excluding carboxylic acids is 1. The van der Waals surface area contributed by atoms with Gasteiger partial charge in [0.05, 0.1) is 6.26 Å². The van der Waals surface area contributed by atoms with Crippen molar-refractivity contribution < 1.29 is 13.6 Å². The number of alkyl halides is 1. The van der Waals surface area contributed by atoms with Crippen molar-refractivity contribution in [1.29, 1.82) is 0 Å². The van der Waals surface area contributed by atoms with E-state index in [1.165, 1.54) is 12.3 Å². The predicted molar refractivity (Wildman–Crippen MR) is 33.2 cm³/mol. The molecule has 0 fully saturated rings. The molecule has 1 heterocycles. The van der Waals surface area contributed by atoms with Crippen molar-refractivity contribution in [2.45, 2.75) is 12.6 Å². The first kappa shape index (κ1) is 6.99. The minimum Gasteiger partial charge on any atom is -0.466 e. The fourth-order valence-corrected chi connectivity index (χ4v) is 0.670. The molecule has 0 aliphatic rings. The van der Waals surface area contributed by atoms with Crippen LogP contribution in [0, 0.1) is 0 Å². The molecule has 0 aromatic carbocycles. The Hall–Kier alpha value is -1.12. The van der Waals surface area contributed by atoms with Crippen molar-refractivity contribution in [3.8, 4) is 0 Å². The average molecular weight is 142 g/mol. The van der Waals surface area contributed by atoms with E-state index in [9.17, 15) is 9.18 Å².